The Morgan fingerprint density at radius 3 is 2.22 bits per heavy atom. The standard InChI is InChI=1S/C18H25N3O2/c1-13(22)19-15-7-9-16(10-8-15)21(17-11-12-17)18(23)20-14-5-3-2-4-6-14/h7-10,14,17H,2-6,11-12H2,1H3,(H,19,22)(H,20,23). The van der Waals surface area contributed by atoms with Crippen LogP contribution in [-0.4, -0.2) is 24.0 Å². The van der Waals surface area contributed by atoms with Crippen LogP contribution in [0.4, 0.5) is 16.2 Å². The van der Waals surface area contributed by atoms with Gasteiger partial charge in [-0.05, 0) is 49.9 Å². The number of benzene rings is 1. The van der Waals surface area contributed by atoms with Crippen molar-refractivity contribution < 1.29 is 9.59 Å². The fraction of sp³-hybridized carbons (Fsp3) is 0.556. The molecule has 1 aromatic rings. The number of hydrogen-bond donors (Lipinski definition) is 2. The number of nitrogens with zero attached hydrogens (tertiary/aromatic N) is 1. The maximum Gasteiger partial charge on any atom is 0.322 e. The van der Waals surface area contributed by atoms with Gasteiger partial charge in [0, 0.05) is 30.4 Å². The van der Waals surface area contributed by atoms with Crippen LogP contribution in [0.1, 0.15) is 51.9 Å². The van der Waals surface area contributed by atoms with Gasteiger partial charge in [-0.3, -0.25) is 9.69 Å². The monoisotopic (exact) mass is 315 g/mol. The lowest BCUT2D eigenvalue weighted by Gasteiger charge is -2.28. The smallest absolute Gasteiger partial charge is 0.322 e. The second-order valence-electron chi connectivity index (χ2n) is 6.61. The van der Waals surface area contributed by atoms with E-state index < -0.39 is 0 Å². The van der Waals surface area contributed by atoms with Crippen molar-refractivity contribution in [2.45, 2.75) is 64.0 Å². The number of urea groups is 1. The Hall–Kier alpha value is -2.04. The van der Waals surface area contributed by atoms with E-state index >= 15 is 0 Å². The highest BCUT2D eigenvalue weighted by Gasteiger charge is 2.34. The highest BCUT2D eigenvalue weighted by atomic mass is 16.2. The molecule has 2 aliphatic rings. The maximum absolute atomic E-state index is 12.7. The molecule has 0 unspecified atom stereocenters. The molecule has 0 radical (unpaired) electrons. The summed E-state index contributed by atoms with van der Waals surface area (Å²) < 4.78 is 0. The van der Waals surface area contributed by atoms with Crippen molar-refractivity contribution in [1.29, 1.82) is 0 Å². The largest absolute Gasteiger partial charge is 0.335 e. The van der Waals surface area contributed by atoms with Gasteiger partial charge in [0.1, 0.15) is 0 Å². The van der Waals surface area contributed by atoms with E-state index in [9.17, 15) is 9.59 Å². The van der Waals surface area contributed by atoms with Crippen molar-refractivity contribution in [3.8, 4) is 0 Å². The predicted molar refractivity (Wildman–Crippen MR) is 91.7 cm³/mol. The van der Waals surface area contributed by atoms with Gasteiger partial charge in [-0.1, -0.05) is 19.3 Å². The first kappa shape index (κ1) is 15.8. The number of hydrogen-bond acceptors (Lipinski definition) is 2. The van der Waals surface area contributed by atoms with Gasteiger partial charge < -0.3 is 10.6 Å². The van der Waals surface area contributed by atoms with Crippen LogP contribution in [0.25, 0.3) is 0 Å². The minimum atomic E-state index is -0.0909. The molecule has 0 atom stereocenters. The van der Waals surface area contributed by atoms with Crippen LogP contribution in [0.2, 0.25) is 0 Å². The zero-order valence-corrected chi connectivity index (χ0v) is 13.7. The van der Waals surface area contributed by atoms with Crippen LogP contribution in [0.15, 0.2) is 24.3 Å². The van der Waals surface area contributed by atoms with Gasteiger partial charge in [0.05, 0.1) is 0 Å². The molecule has 0 heterocycles. The maximum atomic E-state index is 12.7. The molecule has 5 nitrogen and oxygen atoms in total. The molecule has 2 fully saturated rings. The summed E-state index contributed by atoms with van der Waals surface area (Å²) in [6, 6.07) is 8.15. The Morgan fingerprint density at radius 1 is 1.00 bits per heavy atom. The number of nitrogens with one attached hydrogen (secondary N) is 2. The Morgan fingerprint density at radius 2 is 1.65 bits per heavy atom. The molecule has 1 aromatic carbocycles. The predicted octanol–water partition coefficient (Wildman–Crippen LogP) is 3.66. The summed E-state index contributed by atoms with van der Waals surface area (Å²) in [4.78, 5) is 25.7. The topological polar surface area (TPSA) is 61.4 Å². The Bertz CT molecular complexity index is 560. The van der Waals surface area contributed by atoms with Gasteiger partial charge in [-0.25, -0.2) is 4.79 Å². The van der Waals surface area contributed by atoms with Crippen LogP contribution in [0.5, 0.6) is 0 Å². The molecule has 23 heavy (non-hydrogen) atoms. The molecule has 0 saturated heterocycles. The second kappa shape index (κ2) is 7.02. The summed E-state index contributed by atoms with van der Waals surface area (Å²) in [6.45, 7) is 1.49. The molecule has 2 N–H and O–H groups in total. The van der Waals surface area contributed by atoms with Gasteiger partial charge in [-0.15, -0.1) is 0 Å². The number of amides is 3. The number of anilines is 2. The highest BCUT2D eigenvalue weighted by Crippen LogP contribution is 2.32. The minimum absolute atomic E-state index is 0.0201. The van der Waals surface area contributed by atoms with E-state index in [1.54, 1.807) is 0 Å². The van der Waals surface area contributed by atoms with Gasteiger partial charge in [0.2, 0.25) is 5.91 Å². The third-order valence-electron chi connectivity index (χ3n) is 4.53. The molecule has 3 rings (SSSR count). The average molecular weight is 315 g/mol. The first-order valence-electron chi connectivity index (χ1n) is 8.61. The average Bonchev–Trinajstić information content (AvgIpc) is 3.34. The first-order chi connectivity index (χ1) is 11.1. The molecule has 0 aromatic heterocycles. The molecular formula is C18H25N3O2. The molecule has 0 bridgehead atoms. The van der Waals surface area contributed by atoms with E-state index in [0.717, 1.165) is 37.1 Å². The van der Waals surface area contributed by atoms with E-state index in [2.05, 4.69) is 10.6 Å². The summed E-state index contributed by atoms with van der Waals surface area (Å²) in [6.07, 6.45) is 8.00. The third-order valence-corrected chi connectivity index (χ3v) is 4.53. The second-order valence-corrected chi connectivity index (χ2v) is 6.61. The highest BCUT2D eigenvalue weighted by molar-refractivity contribution is 5.94. The van der Waals surface area contributed by atoms with Crippen LogP contribution in [0.3, 0.4) is 0 Å². The van der Waals surface area contributed by atoms with Crippen molar-refractivity contribution in [3.05, 3.63) is 24.3 Å². The minimum Gasteiger partial charge on any atom is -0.335 e. The fourth-order valence-electron chi connectivity index (χ4n) is 3.23. The SMILES string of the molecule is CC(=O)Nc1ccc(N(C(=O)NC2CCCCC2)C2CC2)cc1. The van der Waals surface area contributed by atoms with E-state index in [0.29, 0.717) is 12.1 Å². The van der Waals surface area contributed by atoms with Crippen molar-refractivity contribution in [3.63, 3.8) is 0 Å². The fourth-order valence-corrected chi connectivity index (χ4v) is 3.23. The lowest BCUT2D eigenvalue weighted by molar-refractivity contribution is -0.114. The van der Waals surface area contributed by atoms with Crippen molar-refractivity contribution >= 4 is 23.3 Å². The van der Waals surface area contributed by atoms with E-state index in [1.165, 1.54) is 26.2 Å². The van der Waals surface area contributed by atoms with Crippen molar-refractivity contribution in [1.82, 2.24) is 5.32 Å². The number of carbonyl (C=O) groups is 2. The van der Waals surface area contributed by atoms with Gasteiger partial charge in [-0.2, -0.15) is 0 Å². The summed E-state index contributed by atoms with van der Waals surface area (Å²) >= 11 is 0. The Balaban J connectivity index is 1.68. The van der Waals surface area contributed by atoms with E-state index in [4.69, 9.17) is 0 Å². The summed E-state index contributed by atoms with van der Waals surface area (Å²) in [5.74, 6) is -0.0909. The van der Waals surface area contributed by atoms with Gasteiger partial charge >= 0.3 is 6.03 Å². The van der Waals surface area contributed by atoms with Gasteiger partial charge in [0.15, 0.2) is 0 Å². The normalized spacial score (nSPS) is 18.3. The first-order valence-corrected chi connectivity index (χ1v) is 8.61. The summed E-state index contributed by atoms with van der Waals surface area (Å²) in [7, 11) is 0. The summed E-state index contributed by atoms with van der Waals surface area (Å²) in [5, 5.41) is 5.96. The zero-order valence-electron chi connectivity index (χ0n) is 13.7. The molecular weight excluding hydrogens is 290 g/mol. The summed E-state index contributed by atoms with van der Waals surface area (Å²) in [5.41, 5.74) is 1.65. The van der Waals surface area contributed by atoms with E-state index in [1.807, 2.05) is 29.2 Å². The van der Waals surface area contributed by atoms with Crippen molar-refractivity contribution in [2.75, 3.05) is 10.2 Å². The van der Waals surface area contributed by atoms with E-state index in [-0.39, 0.29) is 11.9 Å². The molecule has 124 valence electrons. The van der Waals surface area contributed by atoms with Gasteiger partial charge in [0.25, 0.3) is 0 Å². The molecule has 0 aliphatic heterocycles. The lowest BCUT2D eigenvalue weighted by atomic mass is 9.96. The van der Waals surface area contributed by atoms with Crippen molar-refractivity contribution in [2.24, 2.45) is 0 Å². The zero-order chi connectivity index (χ0) is 16.2. The lowest BCUT2D eigenvalue weighted by Crippen LogP contribution is -2.46. The molecule has 0 spiro atoms. The molecule has 5 heteroatoms. The third kappa shape index (κ3) is 4.24. The van der Waals surface area contributed by atoms with Crippen LogP contribution in [0, 0.1) is 0 Å². The number of carbonyl (C=O) groups excluding carboxylic acids is 2. The molecule has 3 amide bonds. The Labute approximate surface area is 137 Å². The number of rotatable bonds is 4. The van der Waals surface area contributed by atoms with Crippen LogP contribution >= 0.6 is 0 Å². The Kier molecular flexibility index (Phi) is 4.84. The quantitative estimate of drug-likeness (QED) is 0.891. The molecule has 2 saturated carbocycles. The molecule has 2 aliphatic carbocycles. The van der Waals surface area contributed by atoms with Crippen LogP contribution < -0.4 is 15.5 Å². The van der Waals surface area contributed by atoms with Crippen LogP contribution in [-0.2, 0) is 4.79 Å².